The molecule has 0 radical (unpaired) electrons. The number of nitrogens with zero attached hydrogens (tertiary/aromatic N) is 2. The molecule has 1 saturated heterocycles. The van der Waals surface area contributed by atoms with E-state index in [1.165, 1.54) is 12.3 Å². The highest BCUT2D eigenvalue weighted by Gasteiger charge is 2.23. The molecule has 10 heteroatoms. The van der Waals surface area contributed by atoms with Gasteiger partial charge in [0, 0.05) is 39.8 Å². The lowest BCUT2D eigenvalue weighted by Crippen LogP contribution is -2.44. The van der Waals surface area contributed by atoms with Crippen molar-refractivity contribution in [2.24, 2.45) is 0 Å². The van der Waals surface area contributed by atoms with Crippen molar-refractivity contribution in [2.45, 2.75) is 18.7 Å². The van der Waals surface area contributed by atoms with E-state index in [1.807, 2.05) is 17.9 Å². The van der Waals surface area contributed by atoms with Gasteiger partial charge in [-0.05, 0) is 31.5 Å². The number of sulfonamides is 1. The minimum Gasteiger partial charge on any atom is -0.383 e. The summed E-state index contributed by atoms with van der Waals surface area (Å²) in [5.41, 5.74) is 2.18. The molecule has 3 N–H and O–H groups in total. The number of aryl methyl sites for hydroxylation is 2. The number of carbonyl (C=O) groups is 1. The maximum Gasteiger partial charge on any atom is 0.262 e. The van der Waals surface area contributed by atoms with E-state index >= 15 is 0 Å². The summed E-state index contributed by atoms with van der Waals surface area (Å²) in [7, 11) is -2.27. The third-order valence-electron chi connectivity index (χ3n) is 4.99. The second-order valence-electron chi connectivity index (χ2n) is 7.46. The summed E-state index contributed by atoms with van der Waals surface area (Å²) in [6.45, 7) is 7.36. The molecule has 1 aliphatic rings. The van der Waals surface area contributed by atoms with Gasteiger partial charge in [0.05, 0.1) is 29.0 Å². The van der Waals surface area contributed by atoms with Crippen molar-refractivity contribution in [1.82, 2.24) is 15.6 Å². The van der Waals surface area contributed by atoms with Crippen LogP contribution in [0.1, 0.15) is 21.5 Å². The molecule has 1 aromatic carbocycles. The first-order valence-corrected chi connectivity index (χ1v) is 11.6. The van der Waals surface area contributed by atoms with Gasteiger partial charge < -0.3 is 20.3 Å². The zero-order chi connectivity index (χ0) is 22.4. The zero-order valence-electron chi connectivity index (χ0n) is 18.1. The van der Waals surface area contributed by atoms with Crippen molar-refractivity contribution in [3.8, 4) is 0 Å². The average Bonchev–Trinajstić information content (AvgIpc) is 2.74. The number of hydrogen-bond acceptors (Lipinski definition) is 7. The lowest BCUT2D eigenvalue weighted by atomic mass is 10.2. The Hall–Kier alpha value is -2.69. The van der Waals surface area contributed by atoms with E-state index in [9.17, 15) is 13.2 Å². The van der Waals surface area contributed by atoms with E-state index in [0.29, 0.717) is 43.2 Å². The summed E-state index contributed by atoms with van der Waals surface area (Å²) in [5.74, 6) is 0.205. The molecular weight excluding hydrogens is 418 g/mol. The number of anilines is 2. The minimum absolute atomic E-state index is 0.190. The Morgan fingerprint density at radius 3 is 2.65 bits per heavy atom. The Morgan fingerprint density at radius 2 is 1.97 bits per heavy atom. The lowest BCUT2D eigenvalue weighted by Gasteiger charge is -2.30. The van der Waals surface area contributed by atoms with E-state index in [4.69, 9.17) is 4.74 Å². The number of methoxy groups -OCH3 is 1. The van der Waals surface area contributed by atoms with Crippen molar-refractivity contribution in [3.63, 3.8) is 0 Å². The normalized spacial score (nSPS) is 14.4. The molecule has 1 fully saturated rings. The van der Waals surface area contributed by atoms with E-state index in [2.05, 4.69) is 20.3 Å². The number of rotatable bonds is 8. The van der Waals surface area contributed by atoms with Gasteiger partial charge in [-0.25, -0.2) is 13.4 Å². The van der Waals surface area contributed by atoms with Gasteiger partial charge in [0.15, 0.2) is 0 Å². The Balaban J connectivity index is 1.91. The fraction of sp³-hybridized carbons (Fsp3) is 0.429. The molecule has 1 amide bonds. The second-order valence-corrected chi connectivity index (χ2v) is 9.11. The van der Waals surface area contributed by atoms with Crippen molar-refractivity contribution in [1.29, 1.82) is 0 Å². The first-order chi connectivity index (χ1) is 14.8. The molecule has 0 saturated carbocycles. The lowest BCUT2D eigenvalue weighted by molar-refractivity contribution is 0.0937. The summed E-state index contributed by atoms with van der Waals surface area (Å²) < 4.78 is 33.4. The third-order valence-corrected chi connectivity index (χ3v) is 6.53. The molecule has 0 spiro atoms. The van der Waals surface area contributed by atoms with E-state index in [0.717, 1.165) is 18.7 Å². The Kier molecular flexibility index (Phi) is 7.47. The molecule has 2 heterocycles. The fourth-order valence-corrected chi connectivity index (χ4v) is 4.74. The highest BCUT2D eigenvalue weighted by atomic mass is 32.2. The maximum atomic E-state index is 12.9. The molecule has 31 heavy (non-hydrogen) atoms. The quantitative estimate of drug-likeness (QED) is 0.523. The van der Waals surface area contributed by atoms with Gasteiger partial charge in [0.1, 0.15) is 5.82 Å². The first-order valence-electron chi connectivity index (χ1n) is 10.1. The predicted molar refractivity (Wildman–Crippen MR) is 120 cm³/mol. The van der Waals surface area contributed by atoms with Gasteiger partial charge in [-0.15, -0.1) is 0 Å². The van der Waals surface area contributed by atoms with Crippen LogP contribution in [0.15, 0.2) is 35.4 Å². The van der Waals surface area contributed by atoms with Crippen molar-refractivity contribution < 1.29 is 17.9 Å². The van der Waals surface area contributed by atoms with Gasteiger partial charge in [0.2, 0.25) is 0 Å². The molecule has 2 aromatic rings. The smallest absolute Gasteiger partial charge is 0.262 e. The molecule has 168 valence electrons. The molecule has 3 rings (SSSR count). The molecule has 0 bridgehead atoms. The van der Waals surface area contributed by atoms with E-state index < -0.39 is 10.0 Å². The number of ether oxygens (including phenoxy) is 1. The van der Waals surface area contributed by atoms with Crippen LogP contribution >= 0.6 is 0 Å². The zero-order valence-corrected chi connectivity index (χ0v) is 18.9. The van der Waals surface area contributed by atoms with Crippen molar-refractivity contribution in [2.75, 3.05) is 56.1 Å². The second kappa shape index (κ2) is 10.1. The number of benzene rings is 1. The van der Waals surface area contributed by atoms with Crippen molar-refractivity contribution in [3.05, 3.63) is 47.2 Å². The van der Waals surface area contributed by atoms with Gasteiger partial charge in [0.25, 0.3) is 15.9 Å². The molecule has 0 unspecified atom stereocenters. The highest BCUT2D eigenvalue weighted by molar-refractivity contribution is 7.92. The molecule has 0 atom stereocenters. The fourth-order valence-electron chi connectivity index (χ4n) is 3.48. The van der Waals surface area contributed by atoms with Crippen LogP contribution in [-0.4, -0.2) is 65.7 Å². The van der Waals surface area contributed by atoms with Crippen LogP contribution in [0.25, 0.3) is 0 Å². The SMILES string of the molecule is COCCNC(=O)c1cc(NS(=O)(=O)c2ccc(C)cc2C)cnc1N1CCNCC1. The van der Waals surface area contributed by atoms with Crippen LogP contribution in [0, 0.1) is 13.8 Å². The maximum absolute atomic E-state index is 12.9. The van der Waals surface area contributed by atoms with E-state index in [1.54, 1.807) is 26.2 Å². The third kappa shape index (κ3) is 5.72. The van der Waals surface area contributed by atoms with Gasteiger partial charge in [-0.1, -0.05) is 17.7 Å². The summed E-state index contributed by atoms with van der Waals surface area (Å²) in [5, 5.41) is 6.06. The number of hydrogen-bond donors (Lipinski definition) is 3. The Labute approximate surface area is 183 Å². The number of pyridine rings is 1. The molecule has 0 aliphatic carbocycles. The van der Waals surface area contributed by atoms with Crippen LogP contribution in [0.5, 0.6) is 0 Å². The van der Waals surface area contributed by atoms with Gasteiger partial charge in [-0.3, -0.25) is 9.52 Å². The number of amides is 1. The summed E-state index contributed by atoms with van der Waals surface area (Å²) in [6, 6.07) is 6.68. The highest BCUT2D eigenvalue weighted by Crippen LogP contribution is 2.25. The van der Waals surface area contributed by atoms with E-state index in [-0.39, 0.29) is 16.5 Å². The summed E-state index contributed by atoms with van der Waals surface area (Å²) in [4.78, 5) is 19.5. The molecule has 9 nitrogen and oxygen atoms in total. The van der Waals surface area contributed by atoms with Crippen LogP contribution in [0.4, 0.5) is 11.5 Å². The van der Waals surface area contributed by atoms with Crippen molar-refractivity contribution >= 4 is 27.4 Å². The monoisotopic (exact) mass is 447 g/mol. The van der Waals surface area contributed by atoms with Crippen LogP contribution < -0.4 is 20.3 Å². The summed E-state index contributed by atoms with van der Waals surface area (Å²) in [6.07, 6.45) is 1.45. The summed E-state index contributed by atoms with van der Waals surface area (Å²) >= 11 is 0. The predicted octanol–water partition coefficient (Wildman–Crippen LogP) is 1.29. The van der Waals surface area contributed by atoms with Gasteiger partial charge in [-0.2, -0.15) is 0 Å². The number of piperazine rings is 1. The van der Waals surface area contributed by atoms with Crippen LogP contribution in [0.2, 0.25) is 0 Å². The standard InChI is InChI=1S/C21H29N5O4S/c1-15-4-5-19(16(2)12-15)31(28,29)25-17-13-18(21(27)23-8-11-30-3)20(24-14-17)26-9-6-22-7-10-26/h4-5,12-14,22,25H,6-11H2,1-3H3,(H,23,27). The number of carbonyl (C=O) groups excluding carboxylic acids is 1. The number of aromatic nitrogens is 1. The first kappa shape index (κ1) is 23.0. The molecular formula is C21H29N5O4S. The Morgan fingerprint density at radius 1 is 1.23 bits per heavy atom. The molecule has 1 aliphatic heterocycles. The Bertz CT molecular complexity index is 1040. The average molecular weight is 448 g/mol. The largest absolute Gasteiger partial charge is 0.383 e. The van der Waals surface area contributed by atoms with Crippen LogP contribution in [0.3, 0.4) is 0 Å². The van der Waals surface area contributed by atoms with Gasteiger partial charge >= 0.3 is 0 Å². The minimum atomic E-state index is -3.83. The van der Waals surface area contributed by atoms with Crippen LogP contribution in [-0.2, 0) is 14.8 Å². The topological polar surface area (TPSA) is 113 Å². The number of nitrogens with one attached hydrogen (secondary N) is 3. The molecule has 1 aromatic heterocycles.